The third-order valence-electron chi connectivity index (χ3n) is 2.29. The third kappa shape index (κ3) is 4.07. The van der Waals surface area contributed by atoms with E-state index in [1.54, 1.807) is 13.8 Å². The first-order chi connectivity index (χ1) is 6.25. The zero-order valence-corrected chi connectivity index (χ0v) is 9.55. The molecule has 0 heterocycles. The number of carbonyl (C=O) groups excluding carboxylic acids is 1. The van der Waals surface area contributed by atoms with Crippen LogP contribution in [0.5, 0.6) is 0 Å². The van der Waals surface area contributed by atoms with Gasteiger partial charge in [-0.15, -0.1) is 0 Å². The van der Waals surface area contributed by atoms with Gasteiger partial charge in [-0.25, -0.2) is 0 Å². The highest BCUT2D eigenvalue weighted by Crippen LogP contribution is 2.15. The Hall–Kier alpha value is -0.610. The van der Waals surface area contributed by atoms with Crippen LogP contribution in [0.1, 0.15) is 27.7 Å². The van der Waals surface area contributed by atoms with Gasteiger partial charge in [0, 0.05) is 6.54 Å². The van der Waals surface area contributed by atoms with Crippen LogP contribution in [-0.2, 0) is 4.79 Å². The number of aliphatic hydroxyl groups excluding tert-OH is 1. The molecule has 0 aliphatic rings. The molecule has 0 atom stereocenters. The molecule has 0 radical (unpaired) electrons. The van der Waals surface area contributed by atoms with Crippen molar-refractivity contribution in [1.29, 1.82) is 0 Å². The van der Waals surface area contributed by atoms with Gasteiger partial charge in [-0.05, 0) is 25.8 Å². The van der Waals surface area contributed by atoms with Crippen molar-refractivity contribution in [2.24, 2.45) is 16.6 Å². The van der Waals surface area contributed by atoms with Crippen molar-refractivity contribution in [2.45, 2.75) is 27.7 Å². The molecular formula is C10H22N2O2. The van der Waals surface area contributed by atoms with Gasteiger partial charge in [-0.3, -0.25) is 4.79 Å². The van der Waals surface area contributed by atoms with Crippen LogP contribution in [0.2, 0.25) is 0 Å². The quantitative estimate of drug-likeness (QED) is 0.592. The maximum atomic E-state index is 11.5. The maximum absolute atomic E-state index is 11.5. The molecule has 0 aliphatic carbocycles. The Kier molecular flexibility index (Phi) is 4.55. The molecule has 4 nitrogen and oxygen atoms in total. The molecular weight excluding hydrogens is 180 g/mol. The summed E-state index contributed by atoms with van der Waals surface area (Å²) in [7, 11) is 0. The highest BCUT2D eigenvalue weighted by Gasteiger charge is 2.27. The summed E-state index contributed by atoms with van der Waals surface area (Å²) in [6, 6.07) is 0. The van der Waals surface area contributed by atoms with Gasteiger partial charge in [0.05, 0.1) is 12.0 Å². The first kappa shape index (κ1) is 13.4. The number of hydrogen-bond acceptors (Lipinski definition) is 3. The van der Waals surface area contributed by atoms with E-state index in [-0.39, 0.29) is 17.9 Å². The van der Waals surface area contributed by atoms with Crippen molar-refractivity contribution < 1.29 is 9.90 Å². The van der Waals surface area contributed by atoms with Gasteiger partial charge < -0.3 is 16.2 Å². The molecule has 0 rings (SSSR count). The SMILES string of the molecule is CC(C)(CN)CNC(=O)C(C)(C)CO. The Morgan fingerprint density at radius 2 is 1.86 bits per heavy atom. The minimum Gasteiger partial charge on any atom is -0.395 e. The topological polar surface area (TPSA) is 75.3 Å². The second-order valence-corrected chi connectivity index (χ2v) is 5.09. The Morgan fingerprint density at radius 1 is 1.36 bits per heavy atom. The highest BCUT2D eigenvalue weighted by atomic mass is 16.3. The van der Waals surface area contributed by atoms with Gasteiger partial charge >= 0.3 is 0 Å². The number of nitrogens with two attached hydrogens (primary N) is 1. The van der Waals surface area contributed by atoms with E-state index in [1.807, 2.05) is 13.8 Å². The molecule has 84 valence electrons. The zero-order valence-electron chi connectivity index (χ0n) is 9.55. The number of rotatable bonds is 5. The van der Waals surface area contributed by atoms with Crippen LogP contribution in [-0.4, -0.2) is 30.7 Å². The van der Waals surface area contributed by atoms with E-state index >= 15 is 0 Å². The van der Waals surface area contributed by atoms with Crippen molar-refractivity contribution in [3.8, 4) is 0 Å². The second kappa shape index (κ2) is 4.75. The number of hydrogen-bond donors (Lipinski definition) is 3. The molecule has 0 aromatic rings. The van der Waals surface area contributed by atoms with E-state index < -0.39 is 5.41 Å². The van der Waals surface area contributed by atoms with Gasteiger partial charge in [0.1, 0.15) is 0 Å². The predicted molar refractivity (Wildman–Crippen MR) is 56.7 cm³/mol. The molecule has 0 aliphatic heterocycles. The van der Waals surface area contributed by atoms with E-state index in [0.29, 0.717) is 13.1 Å². The lowest BCUT2D eigenvalue weighted by molar-refractivity contribution is -0.131. The van der Waals surface area contributed by atoms with Crippen LogP contribution >= 0.6 is 0 Å². The number of nitrogens with one attached hydrogen (secondary N) is 1. The smallest absolute Gasteiger partial charge is 0.227 e. The lowest BCUT2D eigenvalue weighted by atomic mass is 9.90. The molecule has 14 heavy (non-hydrogen) atoms. The summed E-state index contributed by atoms with van der Waals surface area (Å²) in [5.41, 5.74) is 4.72. The van der Waals surface area contributed by atoms with Crippen LogP contribution in [0, 0.1) is 10.8 Å². The molecule has 4 N–H and O–H groups in total. The molecule has 0 aromatic carbocycles. The Bertz CT molecular complexity index is 200. The first-order valence-corrected chi connectivity index (χ1v) is 4.84. The van der Waals surface area contributed by atoms with E-state index in [2.05, 4.69) is 5.32 Å². The van der Waals surface area contributed by atoms with Crippen molar-refractivity contribution in [2.75, 3.05) is 19.7 Å². The van der Waals surface area contributed by atoms with Crippen molar-refractivity contribution in [1.82, 2.24) is 5.32 Å². The summed E-state index contributed by atoms with van der Waals surface area (Å²) in [6.45, 7) is 8.29. The molecule has 1 amide bonds. The molecule has 0 spiro atoms. The van der Waals surface area contributed by atoms with Crippen molar-refractivity contribution in [3.63, 3.8) is 0 Å². The summed E-state index contributed by atoms with van der Waals surface area (Å²) in [5.74, 6) is -0.137. The van der Waals surface area contributed by atoms with Crippen LogP contribution < -0.4 is 11.1 Å². The molecule has 4 heteroatoms. The minimum absolute atomic E-state index is 0.0960. The van der Waals surface area contributed by atoms with Crippen LogP contribution in [0.3, 0.4) is 0 Å². The van der Waals surface area contributed by atoms with Crippen molar-refractivity contribution >= 4 is 5.91 Å². The van der Waals surface area contributed by atoms with Crippen LogP contribution in [0.15, 0.2) is 0 Å². The maximum Gasteiger partial charge on any atom is 0.227 e. The lowest BCUT2D eigenvalue weighted by Crippen LogP contribution is -2.45. The summed E-state index contributed by atoms with van der Waals surface area (Å²) >= 11 is 0. The monoisotopic (exact) mass is 202 g/mol. The lowest BCUT2D eigenvalue weighted by Gasteiger charge is -2.26. The summed E-state index contributed by atoms with van der Waals surface area (Å²) in [6.07, 6.45) is 0. The van der Waals surface area contributed by atoms with Crippen LogP contribution in [0.25, 0.3) is 0 Å². The van der Waals surface area contributed by atoms with E-state index in [9.17, 15) is 4.79 Å². The zero-order chi connectivity index (χ0) is 11.4. The molecule has 0 aromatic heterocycles. The van der Waals surface area contributed by atoms with Gasteiger partial charge in [0.2, 0.25) is 5.91 Å². The van der Waals surface area contributed by atoms with E-state index in [0.717, 1.165) is 0 Å². The number of aliphatic hydroxyl groups is 1. The molecule has 0 unspecified atom stereocenters. The normalized spacial score (nSPS) is 12.7. The largest absolute Gasteiger partial charge is 0.395 e. The number of carbonyl (C=O) groups is 1. The van der Waals surface area contributed by atoms with E-state index in [4.69, 9.17) is 10.8 Å². The summed E-state index contributed by atoms with van der Waals surface area (Å²) in [5, 5.41) is 11.8. The van der Waals surface area contributed by atoms with Crippen molar-refractivity contribution in [3.05, 3.63) is 0 Å². The van der Waals surface area contributed by atoms with Gasteiger partial charge in [-0.2, -0.15) is 0 Å². The fraction of sp³-hybridized carbons (Fsp3) is 0.900. The van der Waals surface area contributed by atoms with Gasteiger partial charge in [0.25, 0.3) is 0 Å². The number of amides is 1. The molecule has 0 saturated heterocycles. The second-order valence-electron chi connectivity index (χ2n) is 5.09. The molecule has 0 bridgehead atoms. The molecule has 0 fully saturated rings. The molecule has 0 saturated carbocycles. The minimum atomic E-state index is -0.718. The van der Waals surface area contributed by atoms with E-state index in [1.165, 1.54) is 0 Å². The Labute approximate surface area is 85.9 Å². The third-order valence-corrected chi connectivity index (χ3v) is 2.29. The summed E-state index contributed by atoms with van der Waals surface area (Å²) < 4.78 is 0. The highest BCUT2D eigenvalue weighted by molar-refractivity contribution is 5.81. The Balaban J connectivity index is 4.10. The fourth-order valence-corrected chi connectivity index (χ4v) is 0.703. The first-order valence-electron chi connectivity index (χ1n) is 4.84. The average molecular weight is 202 g/mol. The standard InChI is InChI=1S/C10H22N2O2/c1-9(2,5-11)6-12-8(14)10(3,4)7-13/h13H,5-7,11H2,1-4H3,(H,12,14). The van der Waals surface area contributed by atoms with Crippen LogP contribution in [0.4, 0.5) is 0 Å². The van der Waals surface area contributed by atoms with Gasteiger partial charge in [0.15, 0.2) is 0 Å². The summed E-state index contributed by atoms with van der Waals surface area (Å²) in [4.78, 5) is 11.5. The predicted octanol–water partition coefficient (Wildman–Crippen LogP) is 0.106. The average Bonchev–Trinajstić information content (AvgIpc) is 2.14. The fourth-order valence-electron chi connectivity index (χ4n) is 0.703. The van der Waals surface area contributed by atoms with Gasteiger partial charge in [-0.1, -0.05) is 13.8 Å². The Morgan fingerprint density at radius 3 is 2.21 bits per heavy atom.